The molecule has 4 rings (SSSR count). The Labute approximate surface area is 211 Å². The Morgan fingerprint density at radius 2 is 1.91 bits per heavy atom. The molecular weight excluding hydrogens is 458 g/mol. The van der Waals surface area contributed by atoms with Crippen LogP contribution < -0.4 is 5.73 Å². The Hall–Kier alpha value is -2.93. The van der Waals surface area contributed by atoms with E-state index in [1.165, 1.54) is 37.7 Å². The summed E-state index contributed by atoms with van der Waals surface area (Å²) in [5, 5.41) is 12.8. The Bertz CT molecular complexity index is 1170. The highest BCUT2D eigenvalue weighted by Gasteiger charge is 2.27. The van der Waals surface area contributed by atoms with Gasteiger partial charge in [-0.1, -0.05) is 63.3 Å². The van der Waals surface area contributed by atoms with E-state index < -0.39 is 5.97 Å². The third kappa shape index (κ3) is 5.84. The van der Waals surface area contributed by atoms with E-state index in [9.17, 15) is 14.7 Å². The fourth-order valence-electron chi connectivity index (χ4n) is 5.38. The van der Waals surface area contributed by atoms with E-state index in [2.05, 4.69) is 35.8 Å². The molecule has 1 aromatic carbocycles. The Kier molecular flexibility index (Phi) is 8.06. The second-order valence-electron chi connectivity index (χ2n) is 9.69. The molecule has 6 nitrogen and oxygen atoms in total. The molecule has 2 aromatic heterocycles. The minimum atomic E-state index is -0.945. The Balaban J connectivity index is 1.73. The van der Waals surface area contributed by atoms with E-state index in [0.717, 1.165) is 34.8 Å². The molecule has 1 amide bonds. The molecule has 3 N–H and O–H groups in total. The molecule has 0 bridgehead atoms. The van der Waals surface area contributed by atoms with Crippen LogP contribution in [0.4, 0.5) is 0 Å². The van der Waals surface area contributed by atoms with Gasteiger partial charge in [0.15, 0.2) is 0 Å². The van der Waals surface area contributed by atoms with Gasteiger partial charge in [0.25, 0.3) is 0 Å². The van der Waals surface area contributed by atoms with Gasteiger partial charge in [-0.2, -0.15) is 0 Å². The van der Waals surface area contributed by atoms with Crippen molar-refractivity contribution in [2.75, 3.05) is 0 Å². The lowest BCUT2D eigenvalue weighted by Gasteiger charge is -2.29. The number of hydrogen-bond donors (Lipinski definition) is 2. The zero-order chi connectivity index (χ0) is 24.9. The highest BCUT2D eigenvalue weighted by Crippen LogP contribution is 2.39. The summed E-state index contributed by atoms with van der Waals surface area (Å²) in [6.45, 7) is 4.00. The maximum Gasteiger partial charge on any atom is 0.337 e. The van der Waals surface area contributed by atoms with Crippen molar-refractivity contribution in [2.24, 2.45) is 11.7 Å². The second kappa shape index (κ2) is 11.2. The molecular formula is C28H35N3O3S. The van der Waals surface area contributed by atoms with Crippen LogP contribution >= 0.6 is 11.3 Å². The summed E-state index contributed by atoms with van der Waals surface area (Å²) in [7, 11) is 0. The van der Waals surface area contributed by atoms with Gasteiger partial charge in [0, 0.05) is 29.1 Å². The van der Waals surface area contributed by atoms with Crippen molar-refractivity contribution in [3.63, 3.8) is 0 Å². The predicted molar refractivity (Wildman–Crippen MR) is 141 cm³/mol. The van der Waals surface area contributed by atoms with Crippen molar-refractivity contribution >= 4 is 23.2 Å². The molecule has 2 heterocycles. The SMILES string of the molecule is CCc1ccc(-c2nc(-c3cc(C(=O)O)c(C)n3C(CCC(N)=O)CC3CCCCC3)cs2)cc1. The largest absolute Gasteiger partial charge is 0.478 e. The number of aromatic carboxylic acids is 1. The van der Waals surface area contributed by atoms with Crippen LogP contribution in [0.1, 0.15) is 85.9 Å². The lowest BCUT2D eigenvalue weighted by Crippen LogP contribution is -2.21. The number of benzene rings is 1. The van der Waals surface area contributed by atoms with E-state index in [-0.39, 0.29) is 23.9 Å². The van der Waals surface area contributed by atoms with Crippen LogP contribution in [-0.4, -0.2) is 26.5 Å². The number of hydrogen-bond acceptors (Lipinski definition) is 4. The number of carboxylic acids is 1. The normalized spacial score (nSPS) is 15.3. The molecule has 1 unspecified atom stereocenters. The van der Waals surface area contributed by atoms with Gasteiger partial charge in [-0.25, -0.2) is 9.78 Å². The van der Waals surface area contributed by atoms with Gasteiger partial charge in [0.1, 0.15) is 5.01 Å². The number of aryl methyl sites for hydroxylation is 1. The minimum absolute atomic E-state index is 0.00249. The van der Waals surface area contributed by atoms with Crippen molar-refractivity contribution in [2.45, 2.75) is 77.7 Å². The first-order valence-corrected chi connectivity index (χ1v) is 13.5. The molecule has 1 saturated carbocycles. The molecule has 186 valence electrons. The van der Waals surface area contributed by atoms with Gasteiger partial charge in [-0.15, -0.1) is 11.3 Å². The fourth-order valence-corrected chi connectivity index (χ4v) is 6.20. The van der Waals surface area contributed by atoms with E-state index in [1.54, 1.807) is 17.4 Å². The van der Waals surface area contributed by atoms with E-state index in [0.29, 0.717) is 18.0 Å². The lowest BCUT2D eigenvalue weighted by atomic mass is 9.83. The molecule has 1 fully saturated rings. The quantitative estimate of drug-likeness (QED) is 0.331. The molecule has 3 aromatic rings. The number of nitrogens with zero attached hydrogens (tertiary/aromatic N) is 2. The van der Waals surface area contributed by atoms with Crippen molar-refractivity contribution < 1.29 is 14.7 Å². The minimum Gasteiger partial charge on any atom is -0.478 e. The van der Waals surface area contributed by atoms with Crippen molar-refractivity contribution in [3.8, 4) is 22.0 Å². The maximum absolute atomic E-state index is 12.1. The lowest BCUT2D eigenvalue weighted by molar-refractivity contribution is -0.118. The van der Waals surface area contributed by atoms with E-state index in [4.69, 9.17) is 10.7 Å². The van der Waals surface area contributed by atoms with Crippen molar-refractivity contribution in [1.29, 1.82) is 0 Å². The van der Waals surface area contributed by atoms with Gasteiger partial charge in [-0.3, -0.25) is 4.79 Å². The zero-order valence-corrected chi connectivity index (χ0v) is 21.4. The first-order chi connectivity index (χ1) is 16.9. The van der Waals surface area contributed by atoms with Crippen LogP contribution in [0.3, 0.4) is 0 Å². The molecule has 0 spiro atoms. The summed E-state index contributed by atoms with van der Waals surface area (Å²) < 4.78 is 2.13. The van der Waals surface area contributed by atoms with Crippen molar-refractivity contribution in [3.05, 3.63) is 52.5 Å². The van der Waals surface area contributed by atoms with Crippen LogP contribution in [-0.2, 0) is 11.2 Å². The zero-order valence-electron chi connectivity index (χ0n) is 20.6. The molecule has 1 atom stereocenters. The van der Waals surface area contributed by atoms with Crippen LogP contribution in [0.15, 0.2) is 35.7 Å². The first kappa shape index (κ1) is 25.2. The van der Waals surface area contributed by atoms with Crippen LogP contribution in [0, 0.1) is 12.8 Å². The fraction of sp³-hybridized carbons (Fsp3) is 0.464. The molecule has 1 aliphatic rings. The number of carbonyl (C=O) groups is 2. The van der Waals surface area contributed by atoms with Crippen molar-refractivity contribution in [1.82, 2.24) is 9.55 Å². The maximum atomic E-state index is 12.1. The van der Waals surface area contributed by atoms with Gasteiger partial charge in [-0.05, 0) is 43.7 Å². The number of aromatic nitrogens is 2. The molecule has 1 aliphatic carbocycles. The topological polar surface area (TPSA) is 98.2 Å². The number of rotatable bonds is 10. The number of carboxylic acid groups (broad SMARTS) is 1. The smallest absolute Gasteiger partial charge is 0.337 e. The number of thiazole rings is 1. The third-order valence-electron chi connectivity index (χ3n) is 7.32. The highest BCUT2D eigenvalue weighted by molar-refractivity contribution is 7.13. The van der Waals surface area contributed by atoms with E-state index >= 15 is 0 Å². The average molecular weight is 494 g/mol. The van der Waals surface area contributed by atoms with E-state index in [1.807, 2.05) is 12.3 Å². The highest BCUT2D eigenvalue weighted by atomic mass is 32.1. The average Bonchev–Trinajstić information content (AvgIpc) is 3.47. The van der Waals surface area contributed by atoms with Crippen LogP contribution in [0.2, 0.25) is 0 Å². The third-order valence-corrected chi connectivity index (χ3v) is 8.21. The van der Waals surface area contributed by atoms with Gasteiger partial charge < -0.3 is 15.4 Å². The predicted octanol–water partition coefficient (Wildman–Crippen LogP) is 6.62. The molecule has 0 aliphatic heterocycles. The summed E-state index contributed by atoms with van der Waals surface area (Å²) >= 11 is 1.56. The summed E-state index contributed by atoms with van der Waals surface area (Å²) in [6.07, 6.45) is 8.90. The molecule has 0 saturated heterocycles. The summed E-state index contributed by atoms with van der Waals surface area (Å²) in [5.74, 6) is -0.693. The summed E-state index contributed by atoms with van der Waals surface area (Å²) in [6, 6.07) is 10.2. The molecule has 35 heavy (non-hydrogen) atoms. The molecule has 7 heteroatoms. The first-order valence-electron chi connectivity index (χ1n) is 12.7. The number of carbonyl (C=O) groups excluding carboxylic acids is 1. The Morgan fingerprint density at radius 1 is 1.20 bits per heavy atom. The second-order valence-corrected chi connectivity index (χ2v) is 10.5. The van der Waals surface area contributed by atoms with Gasteiger partial charge >= 0.3 is 5.97 Å². The summed E-state index contributed by atoms with van der Waals surface area (Å²) in [5.41, 5.74) is 10.4. The number of nitrogens with two attached hydrogens (primary N) is 1. The number of amides is 1. The summed E-state index contributed by atoms with van der Waals surface area (Å²) in [4.78, 5) is 28.7. The van der Waals surface area contributed by atoms with Gasteiger partial charge in [0.2, 0.25) is 5.91 Å². The monoisotopic (exact) mass is 493 g/mol. The standard InChI is InChI=1S/C28H35N3O3S/c1-3-19-9-11-21(12-10-19)27-30-24(17-35-27)25-16-23(28(33)34)18(2)31(25)22(13-14-26(29)32)15-20-7-5-4-6-8-20/h9-12,16-17,20,22H,3-8,13-15H2,1-2H3,(H2,29,32)(H,33,34). The Morgan fingerprint density at radius 3 is 2.54 bits per heavy atom. The van der Waals surface area contributed by atoms with Crippen LogP contribution in [0.5, 0.6) is 0 Å². The number of primary amides is 1. The van der Waals surface area contributed by atoms with Crippen LogP contribution in [0.25, 0.3) is 22.0 Å². The molecule has 0 radical (unpaired) electrons. The van der Waals surface area contributed by atoms with Gasteiger partial charge in [0.05, 0.1) is 17.0 Å².